The SMILES string of the molecule is C[C@@H]1Cc2ccccc2N1C(=O)CSc1nnc(-c2ccccc2)n1C. The zero-order valence-electron chi connectivity index (χ0n) is 14.8. The van der Waals surface area contributed by atoms with Gasteiger partial charge in [0.1, 0.15) is 0 Å². The van der Waals surface area contributed by atoms with E-state index in [1.54, 1.807) is 0 Å². The van der Waals surface area contributed by atoms with Crippen molar-refractivity contribution in [2.24, 2.45) is 7.05 Å². The summed E-state index contributed by atoms with van der Waals surface area (Å²) in [6.45, 7) is 2.10. The molecule has 0 saturated heterocycles. The molecule has 1 aliphatic heterocycles. The van der Waals surface area contributed by atoms with Crippen LogP contribution >= 0.6 is 11.8 Å². The van der Waals surface area contributed by atoms with Gasteiger partial charge in [0.2, 0.25) is 5.91 Å². The Morgan fingerprint density at radius 1 is 1.12 bits per heavy atom. The highest BCUT2D eigenvalue weighted by Gasteiger charge is 2.30. The molecule has 2 heterocycles. The third kappa shape index (κ3) is 3.01. The molecule has 0 saturated carbocycles. The summed E-state index contributed by atoms with van der Waals surface area (Å²) in [6, 6.07) is 18.3. The highest BCUT2D eigenvalue weighted by atomic mass is 32.2. The standard InChI is InChI=1S/C20H20N4OS/c1-14-12-16-10-6-7-11-17(16)24(14)18(25)13-26-20-22-21-19(23(20)2)15-8-4-3-5-9-15/h3-11,14H,12-13H2,1-2H3/t14-/m1/s1. The van der Waals surface area contributed by atoms with Crippen molar-refractivity contribution < 1.29 is 4.79 Å². The third-order valence-corrected chi connectivity index (χ3v) is 5.67. The molecule has 1 atom stereocenters. The Hall–Kier alpha value is -2.60. The minimum absolute atomic E-state index is 0.108. The molecule has 1 aromatic heterocycles. The number of anilines is 1. The largest absolute Gasteiger partial charge is 0.308 e. The normalized spacial score (nSPS) is 15.9. The van der Waals surface area contributed by atoms with Gasteiger partial charge in [0.05, 0.1) is 5.75 Å². The minimum Gasteiger partial charge on any atom is -0.308 e. The van der Waals surface area contributed by atoms with Crippen LogP contribution in [0, 0.1) is 0 Å². The van der Waals surface area contributed by atoms with Gasteiger partial charge in [0.15, 0.2) is 11.0 Å². The van der Waals surface area contributed by atoms with Gasteiger partial charge < -0.3 is 9.47 Å². The molecule has 5 nitrogen and oxygen atoms in total. The molecular formula is C20H20N4OS. The lowest BCUT2D eigenvalue weighted by Gasteiger charge is -2.22. The van der Waals surface area contributed by atoms with Gasteiger partial charge >= 0.3 is 0 Å². The summed E-state index contributed by atoms with van der Waals surface area (Å²) in [6.07, 6.45) is 0.911. The Morgan fingerprint density at radius 3 is 2.65 bits per heavy atom. The van der Waals surface area contributed by atoms with E-state index < -0.39 is 0 Å². The fraction of sp³-hybridized carbons (Fsp3) is 0.250. The molecule has 0 aliphatic carbocycles. The van der Waals surface area contributed by atoms with E-state index in [0.717, 1.165) is 28.7 Å². The molecular weight excluding hydrogens is 344 g/mol. The summed E-state index contributed by atoms with van der Waals surface area (Å²) in [5, 5.41) is 9.29. The zero-order valence-corrected chi connectivity index (χ0v) is 15.6. The molecule has 0 fully saturated rings. The van der Waals surface area contributed by atoms with Gasteiger partial charge in [0.25, 0.3) is 0 Å². The summed E-state index contributed by atoms with van der Waals surface area (Å²) < 4.78 is 1.94. The number of carbonyl (C=O) groups excluding carboxylic acids is 1. The molecule has 3 aromatic rings. The molecule has 0 unspecified atom stereocenters. The van der Waals surface area contributed by atoms with Crippen molar-refractivity contribution in [2.45, 2.75) is 24.5 Å². The quantitative estimate of drug-likeness (QED) is 0.664. The van der Waals surface area contributed by atoms with E-state index in [4.69, 9.17) is 0 Å². The number of rotatable bonds is 4. The average molecular weight is 364 g/mol. The fourth-order valence-corrected chi connectivity index (χ4v) is 4.19. The zero-order chi connectivity index (χ0) is 18.1. The number of aromatic nitrogens is 3. The second-order valence-corrected chi connectivity index (χ2v) is 7.41. The lowest BCUT2D eigenvalue weighted by atomic mass is 10.1. The summed E-state index contributed by atoms with van der Waals surface area (Å²) >= 11 is 1.43. The van der Waals surface area contributed by atoms with Crippen LogP contribution in [0.15, 0.2) is 59.8 Å². The van der Waals surface area contributed by atoms with Crippen LogP contribution < -0.4 is 4.90 Å². The van der Waals surface area contributed by atoms with Gasteiger partial charge in [-0.25, -0.2) is 0 Å². The van der Waals surface area contributed by atoms with E-state index in [-0.39, 0.29) is 11.9 Å². The molecule has 0 N–H and O–H groups in total. The number of amides is 1. The Bertz CT molecular complexity index is 938. The molecule has 2 aromatic carbocycles. The molecule has 0 spiro atoms. The number of para-hydroxylation sites is 1. The van der Waals surface area contributed by atoms with Crippen LogP contribution in [-0.4, -0.2) is 32.5 Å². The van der Waals surface area contributed by atoms with Crippen molar-refractivity contribution in [2.75, 3.05) is 10.7 Å². The third-order valence-electron chi connectivity index (χ3n) is 4.67. The highest BCUT2D eigenvalue weighted by Crippen LogP contribution is 2.33. The van der Waals surface area contributed by atoms with Crippen LogP contribution in [0.1, 0.15) is 12.5 Å². The lowest BCUT2D eigenvalue weighted by molar-refractivity contribution is -0.116. The maximum atomic E-state index is 12.8. The van der Waals surface area contributed by atoms with E-state index in [0.29, 0.717) is 5.75 Å². The van der Waals surface area contributed by atoms with E-state index in [1.807, 2.05) is 65.0 Å². The number of benzene rings is 2. The minimum atomic E-state index is 0.108. The van der Waals surface area contributed by atoms with Crippen LogP contribution in [0.5, 0.6) is 0 Å². The first-order valence-electron chi connectivity index (χ1n) is 8.62. The van der Waals surface area contributed by atoms with E-state index in [1.165, 1.54) is 17.3 Å². The second kappa shape index (κ2) is 6.96. The lowest BCUT2D eigenvalue weighted by Crippen LogP contribution is -2.37. The summed E-state index contributed by atoms with van der Waals surface area (Å²) in [5.41, 5.74) is 3.29. The number of carbonyl (C=O) groups is 1. The highest BCUT2D eigenvalue weighted by molar-refractivity contribution is 7.99. The van der Waals surface area contributed by atoms with Crippen molar-refractivity contribution in [3.63, 3.8) is 0 Å². The molecule has 0 radical (unpaired) electrons. The molecule has 0 bridgehead atoms. The Labute approximate surface area is 157 Å². The molecule has 1 amide bonds. The van der Waals surface area contributed by atoms with Crippen LogP contribution in [0.4, 0.5) is 5.69 Å². The summed E-state index contributed by atoms with van der Waals surface area (Å²) in [4.78, 5) is 14.7. The molecule has 132 valence electrons. The molecule has 4 rings (SSSR count). The van der Waals surface area contributed by atoms with Crippen molar-refractivity contribution in [1.29, 1.82) is 0 Å². The Morgan fingerprint density at radius 2 is 1.85 bits per heavy atom. The number of nitrogens with zero attached hydrogens (tertiary/aromatic N) is 4. The summed E-state index contributed by atoms with van der Waals surface area (Å²) in [5.74, 6) is 1.26. The fourth-order valence-electron chi connectivity index (χ4n) is 3.42. The van der Waals surface area contributed by atoms with E-state index in [9.17, 15) is 4.79 Å². The molecule has 26 heavy (non-hydrogen) atoms. The maximum Gasteiger partial charge on any atom is 0.237 e. The first-order chi connectivity index (χ1) is 12.6. The van der Waals surface area contributed by atoms with Crippen LogP contribution in [0.25, 0.3) is 11.4 Å². The predicted octanol–water partition coefficient (Wildman–Crippen LogP) is 3.55. The van der Waals surface area contributed by atoms with Gasteiger partial charge in [-0.05, 0) is 25.0 Å². The summed E-state index contributed by atoms with van der Waals surface area (Å²) in [7, 11) is 1.93. The molecule has 6 heteroatoms. The van der Waals surface area contributed by atoms with Gasteiger partial charge in [0, 0.05) is 24.3 Å². The van der Waals surface area contributed by atoms with E-state index >= 15 is 0 Å². The topological polar surface area (TPSA) is 51.0 Å². The van der Waals surface area contributed by atoms with Gasteiger partial charge in [-0.15, -0.1) is 10.2 Å². The monoisotopic (exact) mass is 364 g/mol. The first-order valence-corrected chi connectivity index (χ1v) is 9.61. The maximum absolute atomic E-state index is 12.8. The van der Waals surface area contributed by atoms with Gasteiger partial charge in [-0.2, -0.15) is 0 Å². The Kier molecular flexibility index (Phi) is 4.51. The first kappa shape index (κ1) is 16.8. The van der Waals surface area contributed by atoms with Crippen LogP contribution in [0.2, 0.25) is 0 Å². The number of hydrogen-bond acceptors (Lipinski definition) is 4. The number of fused-ring (bicyclic) bond motifs is 1. The predicted molar refractivity (Wildman–Crippen MR) is 104 cm³/mol. The number of thioether (sulfide) groups is 1. The molecule has 1 aliphatic rings. The van der Waals surface area contributed by atoms with Gasteiger partial charge in [-0.3, -0.25) is 4.79 Å². The van der Waals surface area contributed by atoms with E-state index in [2.05, 4.69) is 23.2 Å². The van der Waals surface area contributed by atoms with Gasteiger partial charge in [-0.1, -0.05) is 60.3 Å². The smallest absolute Gasteiger partial charge is 0.237 e. The Balaban J connectivity index is 1.48. The van der Waals surface area contributed by atoms with Crippen LogP contribution in [-0.2, 0) is 18.3 Å². The van der Waals surface area contributed by atoms with Crippen LogP contribution in [0.3, 0.4) is 0 Å². The van der Waals surface area contributed by atoms with Crippen molar-refractivity contribution in [3.05, 3.63) is 60.2 Å². The second-order valence-electron chi connectivity index (χ2n) is 6.47. The average Bonchev–Trinajstić information content (AvgIpc) is 3.19. The van der Waals surface area contributed by atoms with Crippen molar-refractivity contribution >= 4 is 23.4 Å². The number of hydrogen-bond donors (Lipinski definition) is 0. The van der Waals surface area contributed by atoms with Crippen molar-refractivity contribution in [3.8, 4) is 11.4 Å². The van der Waals surface area contributed by atoms with Crippen molar-refractivity contribution in [1.82, 2.24) is 14.8 Å².